The number of nitrogens with two attached hydrogens (primary N) is 1. The normalized spacial score (nSPS) is 17.5. The molecule has 1 saturated heterocycles. The van der Waals surface area contributed by atoms with Crippen LogP contribution in [0, 0.1) is 0 Å². The summed E-state index contributed by atoms with van der Waals surface area (Å²) in [5.41, 5.74) is 10.00. The maximum atomic E-state index is 5.80. The first-order chi connectivity index (χ1) is 10.8. The van der Waals surface area contributed by atoms with Gasteiger partial charge in [0.05, 0.1) is 0 Å². The van der Waals surface area contributed by atoms with Crippen LogP contribution in [0.1, 0.15) is 42.7 Å². The molecule has 1 fully saturated rings. The minimum absolute atomic E-state index is 0.432. The van der Waals surface area contributed by atoms with E-state index in [1.54, 1.807) is 0 Å². The first-order valence-corrected chi connectivity index (χ1v) is 8.38. The van der Waals surface area contributed by atoms with Gasteiger partial charge in [-0.25, -0.2) is 0 Å². The number of nitrogens with zero attached hydrogens (tertiary/aromatic N) is 1. The van der Waals surface area contributed by atoms with Crippen molar-refractivity contribution in [1.82, 2.24) is 0 Å². The topological polar surface area (TPSA) is 29.3 Å². The Balaban J connectivity index is 1.66. The van der Waals surface area contributed by atoms with Crippen LogP contribution in [0.15, 0.2) is 54.6 Å². The van der Waals surface area contributed by atoms with Crippen molar-refractivity contribution in [2.45, 2.75) is 31.6 Å². The molecule has 116 valence electrons. The summed E-state index contributed by atoms with van der Waals surface area (Å²) in [6.07, 6.45) is 2.47. The second-order valence-corrected chi connectivity index (χ2v) is 6.40. The van der Waals surface area contributed by atoms with Crippen molar-refractivity contribution in [2.75, 3.05) is 24.5 Å². The molecule has 1 heterocycles. The fourth-order valence-electron chi connectivity index (χ4n) is 3.36. The van der Waals surface area contributed by atoms with Gasteiger partial charge in [-0.3, -0.25) is 0 Å². The van der Waals surface area contributed by atoms with Gasteiger partial charge in [-0.1, -0.05) is 49.4 Å². The molecule has 0 saturated carbocycles. The minimum atomic E-state index is 0.432. The summed E-state index contributed by atoms with van der Waals surface area (Å²) >= 11 is 0. The Morgan fingerprint density at radius 3 is 2.45 bits per heavy atom. The van der Waals surface area contributed by atoms with Crippen molar-refractivity contribution >= 4 is 5.69 Å². The van der Waals surface area contributed by atoms with Gasteiger partial charge in [-0.05, 0) is 54.5 Å². The molecule has 0 radical (unpaired) electrons. The summed E-state index contributed by atoms with van der Waals surface area (Å²) in [5.74, 6) is 1.14. The van der Waals surface area contributed by atoms with Crippen LogP contribution < -0.4 is 10.6 Å². The Labute approximate surface area is 134 Å². The highest BCUT2D eigenvalue weighted by Gasteiger charge is 2.20. The standard InChI is InChI=1S/C20H26N2/c1-16(15-21)19-8-5-9-20(14-19)22-12-10-18(11-13-22)17-6-3-2-4-7-17/h2-9,14,16,18H,10-13,15,21H2,1H3. The molecule has 0 spiro atoms. The number of hydrogen-bond acceptors (Lipinski definition) is 2. The first-order valence-electron chi connectivity index (χ1n) is 8.38. The van der Waals surface area contributed by atoms with E-state index in [0.717, 1.165) is 13.1 Å². The van der Waals surface area contributed by atoms with Crippen molar-refractivity contribution in [1.29, 1.82) is 0 Å². The molecule has 2 aromatic rings. The van der Waals surface area contributed by atoms with E-state index in [9.17, 15) is 0 Å². The highest BCUT2D eigenvalue weighted by Crippen LogP contribution is 2.31. The molecular formula is C20H26N2. The Morgan fingerprint density at radius 2 is 1.77 bits per heavy atom. The Kier molecular flexibility index (Phi) is 4.79. The predicted octanol–water partition coefficient (Wildman–Crippen LogP) is 4.13. The van der Waals surface area contributed by atoms with E-state index in [0.29, 0.717) is 18.4 Å². The molecule has 1 aliphatic heterocycles. The van der Waals surface area contributed by atoms with Crippen molar-refractivity contribution in [3.05, 3.63) is 65.7 Å². The molecule has 0 aromatic heterocycles. The van der Waals surface area contributed by atoms with Crippen LogP contribution in [-0.4, -0.2) is 19.6 Å². The zero-order chi connectivity index (χ0) is 15.4. The van der Waals surface area contributed by atoms with Crippen LogP contribution >= 0.6 is 0 Å². The van der Waals surface area contributed by atoms with E-state index >= 15 is 0 Å². The molecule has 2 nitrogen and oxygen atoms in total. The Morgan fingerprint density at radius 1 is 1.05 bits per heavy atom. The number of rotatable bonds is 4. The molecule has 1 aliphatic rings. The van der Waals surface area contributed by atoms with E-state index in [2.05, 4.69) is 66.4 Å². The van der Waals surface area contributed by atoms with E-state index in [1.165, 1.54) is 29.7 Å². The molecule has 2 heteroatoms. The third-order valence-corrected chi connectivity index (χ3v) is 4.92. The molecule has 0 amide bonds. The van der Waals surface area contributed by atoms with Gasteiger partial charge in [0.25, 0.3) is 0 Å². The summed E-state index contributed by atoms with van der Waals surface area (Å²) < 4.78 is 0. The summed E-state index contributed by atoms with van der Waals surface area (Å²) in [6, 6.07) is 19.9. The molecule has 0 bridgehead atoms. The van der Waals surface area contributed by atoms with Gasteiger partial charge in [0.2, 0.25) is 0 Å². The number of anilines is 1. The Bertz CT molecular complexity index is 586. The average Bonchev–Trinajstić information content (AvgIpc) is 2.62. The molecular weight excluding hydrogens is 268 g/mol. The third-order valence-electron chi connectivity index (χ3n) is 4.92. The van der Waals surface area contributed by atoms with Crippen LogP contribution in [0.5, 0.6) is 0 Å². The van der Waals surface area contributed by atoms with Gasteiger partial charge < -0.3 is 10.6 Å². The summed E-state index contributed by atoms with van der Waals surface area (Å²) in [7, 11) is 0. The van der Waals surface area contributed by atoms with Crippen molar-refractivity contribution in [3.63, 3.8) is 0 Å². The van der Waals surface area contributed by atoms with E-state index in [1.807, 2.05) is 0 Å². The highest BCUT2D eigenvalue weighted by molar-refractivity contribution is 5.50. The minimum Gasteiger partial charge on any atom is -0.371 e. The number of hydrogen-bond donors (Lipinski definition) is 1. The molecule has 2 aromatic carbocycles. The van der Waals surface area contributed by atoms with Gasteiger partial charge in [-0.2, -0.15) is 0 Å². The number of benzene rings is 2. The molecule has 3 rings (SSSR count). The fourth-order valence-corrected chi connectivity index (χ4v) is 3.36. The molecule has 2 N–H and O–H groups in total. The lowest BCUT2D eigenvalue weighted by Crippen LogP contribution is -2.32. The lowest BCUT2D eigenvalue weighted by molar-refractivity contribution is 0.505. The summed E-state index contributed by atoms with van der Waals surface area (Å²) in [5, 5.41) is 0. The van der Waals surface area contributed by atoms with Gasteiger partial charge in [0.15, 0.2) is 0 Å². The smallest absolute Gasteiger partial charge is 0.0369 e. The quantitative estimate of drug-likeness (QED) is 0.918. The Hall–Kier alpha value is -1.80. The van der Waals surface area contributed by atoms with E-state index < -0.39 is 0 Å². The highest BCUT2D eigenvalue weighted by atomic mass is 15.1. The van der Waals surface area contributed by atoms with E-state index in [4.69, 9.17) is 5.73 Å². The molecule has 1 unspecified atom stereocenters. The van der Waals surface area contributed by atoms with E-state index in [-0.39, 0.29) is 0 Å². The van der Waals surface area contributed by atoms with Gasteiger partial charge in [0.1, 0.15) is 0 Å². The summed E-state index contributed by atoms with van der Waals surface area (Å²) in [6.45, 7) is 5.18. The maximum absolute atomic E-state index is 5.80. The molecule has 1 atom stereocenters. The van der Waals surface area contributed by atoms with Crippen LogP contribution in [0.2, 0.25) is 0 Å². The zero-order valence-electron chi connectivity index (χ0n) is 13.4. The molecule has 0 aliphatic carbocycles. The van der Waals surface area contributed by atoms with Crippen molar-refractivity contribution in [2.24, 2.45) is 5.73 Å². The van der Waals surface area contributed by atoms with Crippen molar-refractivity contribution in [3.8, 4) is 0 Å². The summed E-state index contributed by atoms with van der Waals surface area (Å²) in [4.78, 5) is 2.52. The van der Waals surface area contributed by atoms with Crippen molar-refractivity contribution < 1.29 is 0 Å². The average molecular weight is 294 g/mol. The lowest BCUT2D eigenvalue weighted by atomic mass is 9.89. The van der Waals surface area contributed by atoms with Gasteiger partial charge in [-0.15, -0.1) is 0 Å². The second kappa shape index (κ2) is 6.97. The zero-order valence-corrected chi connectivity index (χ0v) is 13.4. The predicted molar refractivity (Wildman–Crippen MR) is 94.5 cm³/mol. The van der Waals surface area contributed by atoms with Crippen LogP contribution in [0.3, 0.4) is 0 Å². The second-order valence-electron chi connectivity index (χ2n) is 6.40. The number of piperidine rings is 1. The SMILES string of the molecule is CC(CN)c1cccc(N2CCC(c3ccccc3)CC2)c1. The molecule has 22 heavy (non-hydrogen) atoms. The maximum Gasteiger partial charge on any atom is 0.0369 e. The fraction of sp³-hybridized carbons (Fsp3) is 0.400. The first kappa shape index (κ1) is 15.1. The van der Waals surface area contributed by atoms with Crippen LogP contribution in [0.4, 0.5) is 5.69 Å². The van der Waals surface area contributed by atoms with Gasteiger partial charge in [0, 0.05) is 18.8 Å². The largest absolute Gasteiger partial charge is 0.371 e. The lowest BCUT2D eigenvalue weighted by Gasteiger charge is -2.34. The van der Waals surface area contributed by atoms with Crippen LogP contribution in [0.25, 0.3) is 0 Å². The third kappa shape index (κ3) is 3.33. The van der Waals surface area contributed by atoms with Gasteiger partial charge >= 0.3 is 0 Å². The van der Waals surface area contributed by atoms with Crippen LogP contribution in [-0.2, 0) is 0 Å². The monoisotopic (exact) mass is 294 g/mol.